The van der Waals surface area contributed by atoms with Crippen molar-refractivity contribution in [3.05, 3.63) is 39.4 Å². The molecule has 0 fully saturated rings. The maximum atomic E-state index is 4.01. The van der Waals surface area contributed by atoms with Crippen molar-refractivity contribution in [2.45, 2.75) is 0 Å². The highest BCUT2D eigenvalue weighted by atomic mass is 79.9. The van der Waals surface area contributed by atoms with Crippen LogP contribution in [0.3, 0.4) is 0 Å². The molecule has 1 radical (unpaired) electrons. The predicted octanol–water partition coefficient (Wildman–Crippen LogP) is 3.41. The molecule has 0 N–H and O–H groups in total. The largest absolute Gasteiger partial charge is 0.267 e. The molecule has 0 atom stereocenters. The Hall–Kier alpha value is -0.610. The number of benzene rings is 1. The first-order chi connectivity index (χ1) is 6.68. The number of aromatic nitrogens is 2. The molecule has 4 heteroatoms. The van der Waals surface area contributed by atoms with E-state index >= 15 is 0 Å². The summed E-state index contributed by atoms with van der Waals surface area (Å²) in [6.45, 7) is 0. The Labute approximate surface area is 99.2 Å². The van der Waals surface area contributed by atoms with Crippen LogP contribution in [0, 0.1) is 6.20 Å². The van der Waals surface area contributed by atoms with E-state index in [-0.39, 0.29) is 0 Å². The fourth-order valence-corrected chi connectivity index (χ4v) is 1.87. The number of rotatable bonds is 1. The van der Waals surface area contributed by atoms with Gasteiger partial charge in [-0.05, 0) is 50.1 Å². The lowest BCUT2D eigenvalue weighted by molar-refractivity contribution is 0.773. The van der Waals surface area contributed by atoms with Gasteiger partial charge in [0.1, 0.15) is 6.20 Å². The summed E-state index contributed by atoms with van der Waals surface area (Å²) < 4.78 is 3.89. The Morgan fingerprint density at radius 1 is 1.29 bits per heavy atom. The van der Waals surface area contributed by atoms with Gasteiger partial charge in [0, 0.05) is 21.6 Å². The third kappa shape index (κ3) is 1.77. The van der Waals surface area contributed by atoms with Crippen molar-refractivity contribution < 1.29 is 0 Å². The fraction of sp³-hybridized carbons (Fsp3) is 0.100. The summed E-state index contributed by atoms with van der Waals surface area (Å²) in [6, 6.07) is 7.97. The summed E-state index contributed by atoms with van der Waals surface area (Å²) in [5.74, 6) is 0. The Morgan fingerprint density at radius 3 is 2.64 bits per heavy atom. The fourth-order valence-electron chi connectivity index (χ4n) is 1.25. The number of hydrogen-bond acceptors (Lipinski definition) is 1. The number of hydrogen-bond donors (Lipinski definition) is 0. The molecule has 0 saturated heterocycles. The van der Waals surface area contributed by atoms with Crippen molar-refractivity contribution in [2.24, 2.45) is 7.05 Å². The van der Waals surface area contributed by atoms with E-state index in [2.05, 4.69) is 49.2 Å². The van der Waals surface area contributed by atoms with Crippen molar-refractivity contribution in [3.63, 3.8) is 0 Å². The molecule has 2 aromatic rings. The van der Waals surface area contributed by atoms with Crippen LogP contribution >= 0.6 is 31.9 Å². The first-order valence-corrected chi connectivity index (χ1v) is 5.62. The van der Waals surface area contributed by atoms with Gasteiger partial charge in [0.2, 0.25) is 0 Å². The van der Waals surface area contributed by atoms with E-state index in [1.165, 1.54) is 0 Å². The van der Waals surface area contributed by atoms with E-state index in [0.717, 1.165) is 20.2 Å². The van der Waals surface area contributed by atoms with Gasteiger partial charge in [-0.25, -0.2) is 0 Å². The second-order valence-corrected chi connectivity index (χ2v) is 4.62. The van der Waals surface area contributed by atoms with Crippen molar-refractivity contribution >= 4 is 31.9 Å². The Bertz CT molecular complexity index is 463. The van der Waals surface area contributed by atoms with Crippen LogP contribution in [0.1, 0.15) is 0 Å². The van der Waals surface area contributed by atoms with Crippen molar-refractivity contribution in [2.75, 3.05) is 0 Å². The molecule has 14 heavy (non-hydrogen) atoms. The van der Waals surface area contributed by atoms with E-state index in [1.54, 1.807) is 4.68 Å². The molecule has 0 aliphatic carbocycles. The summed E-state index contributed by atoms with van der Waals surface area (Å²) in [5, 5.41) is 4.01. The van der Waals surface area contributed by atoms with Crippen LogP contribution in [0.25, 0.3) is 11.3 Å². The molecule has 1 aromatic carbocycles. The summed E-state index contributed by atoms with van der Waals surface area (Å²) in [6.07, 6.45) is 2.82. The average molecular weight is 315 g/mol. The predicted molar refractivity (Wildman–Crippen MR) is 62.9 cm³/mol. The quantitative estimate of drug-likeness (QED) is 0.788. The van der Waals surface area contributed by atoms with Crippen molar-refractivity contribution in [3.8, 4) is 11.3 Å². The summed E-state index contributed by atoms with van der Waals surface area (Å²) in [5.41, 5.74) is 2.18. The third-order valence-electron chi connectivity index (χ3n) is 1.97. The van der Waals surface area contributed by atoms with E-state index in [9.17, 15) is 0 Å². The van der Waals surface area contributed by atoms with Crippen LogP contribution in [0.15, 0.2) is 33.2 Å². The molecule has 0 spiro atoms. The maximum Gasteiger partial charge on any atom is 0.113 e. The molecule has 1 heterocycles. The minimum atomic E-state index is 1.04. The van der Waals surface area contributed by atoms with Gasteiger partial charge in [-0.15, -0.1) is 0 Å². The van der Waals surface area contributed by atoms with Gasteiger partial charge in [-0.1, -0.05) is 6.07 Å². The van der Waals surface area contributed by atoms with Gasteiger partial charge >= 0.3 is 0 Å². The van der Waals surface area contributed by atoms with E-state index < -0.39 is 0 Å². The van der Waals surface area contributed by atoms with Crippen LogP contribution in [-0.2, 0) is 7.05 Å². The summed E-state index contributed by atoms with van der Waals surface area (Å²) in [7, 11) is 1.90. The molecule has 2 rings (SSSR count). The van der Waals surface area contributed by atoms with E-state index in [0.29, 0.717) is 0 Å². The lowest BCUT2D eigenvalue weighted by Crippen LogP contribution is -1.93. The zero-order valence-electron chi connectivity index (χ0n) is 7.46. The Morgan fingerprint density at radius 2 is 2.07 bits per heavy atom. The van der Waals surface area contributed by atoms with Crippen LogP contribution in [-0.4, -0.2) is 9.78 Å². The number of aryl methyl sites for hydroxylation is 1. The number of nitrogens with zero attached hydrogens (tertiary/aromatic N) is 2. The van der Waals surface area contributed by atoms with Crippen molar-refractivity contribution in [1.29, 1.82) is 0 Å². The van der Waals surface area contributed by atoms with E-state index in [4.69, 9.17) is 0 Å². The number of halogens is 2. The highest BCUT2D eigenvalue weighted by Gasteiger charge is 2.04. The monoisotopic (exact) mass is 313 g/mol. The molecule has 1 aromatic heterocycles. The van der Waals surface area contributed by atoms with E-state index in [1.807, 2.05) is 25.2 Å². The van der Waals surface area contributed by atoms with Gasteiger partial charge in [-0.2, -0.15) is 5.10 Å². The topological polar surface area (TPSA) is 17.8 Å². The smallest absolute Gasteiger partial charge is 0.113 e. The molecule has 0 amide bonds. The zero-order valence-corrected chi connectivity index (χ0v) is 10.6. The van der Waals surface area contributed by atoms with Gasteiger partial charge in [0.05, 0.1) is 5.69 Å². The minimum absolute atomic E-state index is 1.04. The highest BCUT2D eigenvalue weighted by Crippen LogP contribution is 2.28. The minimum Gasteiger partial charge on any atom is -0.267 e. The summed E-state index contributed by atoms with van der Waals surface area (Å²) >= 11 is 6.90. The maximum absolute atomic E-state index is 4.01. The molecular weight excluding hydrogens is 308 g/mol. The second-order valence-electron chi connectivity index (χ2n) is 2.91. The average Bonchev–Trinajstić information content (AvgIpc) is 2.57. The first-order valence-electron chi connectivity index (χ1n) is 4.04. The van der Waals surface area contributed by atoms with Gasteiger partial charge < -0.3 is 0 Å². The van der Waals surface area contributed by atoms with Gasteiger partial charge in [0.15, 0.2) is 0 Å². The molecule has 2 nitrogen and oxygen atoms in total. The van der Waals surface area contributed by atoms with Crippen LogP contribution in [0.2, 0.25) is 0 Å². The third-order valence-corrected chi connectivity index (χ3v) is 3.85. The zero-order chi connectivity index (χ0) is 10.1. The Balaban J connectivity index is 2.53. The molecule has 0 saturated carbocycles. The van der Waals surface area contributed by atoms with Crippen LogP contribution < -0.4 is 0 Å². The summed E-state index contributed by atoms with van der Waals surface area (Å²) in [4.78, 5) is 0. The molecule has 0 unspecified atom stereocenters. The van der Waals surface area contributed by atoms with Gasteiger partial charge in [0.25, 0.3) is 0 Å². The Kier molecular flexibility index (Phi) is 2.74. The van der Waals surface area contributed by atoms with Crippen LogP contribution in [0.5, 0.6) is 0 Å². The lowest BCUT2D eigenvalue weighted by Gasteiger charge is -2.03. The molecule has 0 bridgehead atoms. The van der Waals surface area contributed by atoms with Crippen molar-refractivity contribution in [1.82, 2.24) is 9.78 Å². The molecule has 71 valence electrons. The highest BCUT2D eigenvalue weighted by molar-refractivity contribution is 9.13. The van der Waals surface area contributed by atoms with Gasteiger partial charge in [-0.3, -0.25) is 4.68 Å². The second kappa shape index (κ2) is 3.87. The molecule has 0 aliphatic rings. The molecular formula is C10H7Br2N2. The normalized spacial score (nSPS) is 10.5. The first kappa shape index (κ1) is 9.93. The SMILES string of the molecule is Cn1n[c]cc1-c1ccc(Br)c(Br)c1. The lowest BCUT2D eigenvalue weighted by atomic mass is 10.1. The standard InChI is InChI=1S/C10H7Br2N2/c1-14-10(4-5-13-14)7-2-3-8(11)9(12)6-7/h2-4,6H,1H3. The van der Waals surface area contributed by atoms with Crippen LogP contribution in [0.4, 0.5) is 0 Å². The molecule has 0 aliphatic heterocycles.